The Kier molecular flexibility index (Phi) is 4.42. The van der Waals surface area contributed by atoms with Crippen molar-refractivity contribution in [2.24, 2.45) is 5.73 Å². The molecule has 1 aromatic heterocycles. The Morgan fingerprint density at radius 3 is 2.47 bits per heavy atom. The third-order valence-corrected chi connectivity index (χ3v) is 3.14. The summed E-state index contributed by atoms with van der Waals surface area (Å²) in [7, 11) is 0. The molecular formula is C16H18N2O. The van der Waals surface area contributed by atoms with Gasteiger partial charge in [0.1, 0.15) is 0 Å². The van der Waals surface area contributed by atoms with Crippen LogP contribution in [0.4, 0.5) is 0 Å². The lowest BCUT2D eigenvalue weighted by Crippen LogP contribution is -2.06. The minimum atomic E-state index is 0.0985. The first-order valence-electron chi connectivity index (χ1n) is 6.49. The number of ketones is 1. The molecule has 3 heteroatoms. The number of benzene rings is 1. The maximum absolute atomic E-state index is 12.2. The lowest BCUT2D eigenvalue weighted by Gasteiger charge is -2.04. The largest absolute Gasteiger partial charge is 0.325 e. The molecule has 0 saturated heterocycles. The molecule has 1 aromatic carbocycles. The smallest absolute Gasteiger partial charge is 0.167 e. The van der Waals surface area contributed by atoms with E-state index in [9.17, 15) is 4.79 Å². The number of nitrogens with zero attached hydrogens (tertiary/aromatic N) is 1. The molecule has 3 nitrogen and oxygen atoms in total. The van der Waals surface area contributed by atoms with Gasteiger partial charge in [-0.25, -0.2) is 0 Å². The molecule has 0 unspecified atom stereocenters. The quantitative estimate of drug-likeness (QED) is 0.834. The van der Waals surface area contributed by atoms with Gasteiger partial charge in [0.15, 0.2) is 5.78 Å². The fourth-order valence-corrected chi connectivity index (χ4v) is 1.94. The molecule has 0 aliphatic rings. The fourth-order valence-electron chi connectivity index (χ4n) is 1.94. The zero-order valence-corrected chi connectivity index (χ0v) is 11.1. The summed E-state index contributed by atoms with van der Waals surface area (Å²) in [5.41, 5.74) is 9.27. The first-order valence-corrected chi connectivity index (χ1v) is 6.49. The van der Waals surface area contributed by atoms with E-state index in [4.69, 9.17) is 5.73 Å². The normalized spacial score (nSPS) is 10.4. The van der Waals surface area contributed by atoms with Crippen molar-refractivity contribution < 1.29 is 4.79 Å². The molecule has 0 radical (unpaired) electrons. The summed E-state index contributed by atoms with van der Waals surface area (Å²) in [6.07, 6.45) is 3.06. The van der Waals surface area contributed by atoms with Gasteiger partial charge in [-0.2, -0.15) is 0 Å². The summed E-state index contributed by atoms with van der Waals surface area (Å²) in [5, 5.41) is 0. The predicted molar refractivity (Wildman–Crippen MR) is 76.0 cm³/mol. The van der Waals surface area contributed by atoms with Crippen molar-refractivity contribution in [3.63, 3.8) is 0 Å². The van der Waals surface area contributed by atoms with Gasteiger partial charge in [-0.3, -0.25) is 9.78 Å². The predicted octanol–water partition coefficient (Wildman–Crippen LogP) is 2.53. The number of nitrogens with two attached hydrogens (primary N) is 1. The Hall–Kier alpha value is -2.00. The van der Waals surface area contributed by atoms with E-state index in [1.54, 1.807) is 18.3 Å². The van der Waals surface area contributed by atoms with E-state index in [0.29, 0.717) is 18.5 Å². The Labute approximate surface area is 113 Å². The highest BCUT2D eigenvalue weighted by Crippen LogP contribution is 2.10. The molecule has 0 saturated carbocycles. The van der Waals surface area contributed by atoms with Crippen LogP contribution in [0.15, 0.2) is 42.6 Å². The van der Waals surface area contributed by atoms with Gasteiger partial charge in [-0.1, -0.05) is 31.2 Å². The molecule has 2 N–H and O–H groups in total. The highest BCUT2D eigenvalue weighted by molar-refractivity contribution is 5.97. The second-order valence-corrected chi connectivity index (χ2v) is 4.51. The second-order valence-electron chi connectivity index (χ2n) is 4.51. The van der Waals surface area contributed by atoms with Gasteiger partial charge < -0.3 is 5.73 Å². The fraction of sp³-hybridized carbons (Fsp3) is 0.250. The van der Waals surface area contributed by atoms with Crippen LogP contribution in [0.1, 0.15) is 34.1 Å². The minimum Gasteiger partial charge on any atom is -0.325 e. The SMILES string of the molecule is CCc1ccc(CC(=O)c2ccnc(CN)c2)cc1. The van der Waals surface area contributed by atoms with Crippen molar-refractivity contribution in [2.45, 2.75) is 26.3 Å². The van der Waals surface area contributed by atoms with E-state index in [2.05, 4.69) is 24.0 Å². The molecular weight excluding hydrogens is 236 g/mol. The van der Waals surface area contributed by atoms with Crippen LogP contribution in [0.5, 0.6) is 0 Å². The molecule has 0 bridgehead atoms. The van der Waals surface area contributed by atoms with Crippen molar-refractivity contribution in [2.75, 3.05) is 0 Å². The Morgan fingerprint density at radius 1 is 1.16 bits per heavy atom. The molecule has 98 valence electrons. The maximum Gasteiger partial charge on any atom is 0.167 e. The van der Waals surface area contributed by atoms with Crippen molar-refractivity contribution in [1.29, 1.82) is 0 Å². The van der Waals surface area contributed by atoms with Crippen LogP contribution in [-0.4, -0.2) is 10.8 Å². The highest BCUT2D eigenvalue weighted by atomic mass is 16.1. The molecule has 0 aliphatic carbocycles. The summed E-state index contributed by atoms with van der Waals surface area (Å²) in [6, 6.07) is 11.7. The van der Waals surface area contributed by atoms with Crippen LogP contribution in [-0.2, 0) is 19.4 Å². The maximum atomic E-state index is 12.2. The topological polar surface area (TPSA) is 56.0 Å². The lowest BCUT2D eigenvalue weighted by atomic mass is 10.0. The summed E-state index contributed by atoms with van der Waals surface area (Å²) in [5.74, 6) is 0.0985. The van der Waals surface area contributed by atoms with Crippen LogP contribution in [0.25, 0.3) is 0 Å². The summed E-state index contributed by atoms with van der Waals surface area (Å²) < 4.78 is 0. The zero-order valence-electron chi connectivity index (χ0n) is 11.1. The van der Waals surface area contributed by atoms with E-state index in [-0.39, 0.29) is 5.78 Å². The second kappa shape index (κ2) is 6.25. The first kappa shape index (κ1) is 13.4. The third kappa shape index (κ3) is 3.48. The number of hydrogen-bond acceptors (Lipinski definition) is 3. The van der Waals surface area contributed by atoms with Gasteiger partial charge >= 0.3 is 0 Å². The van der Waals surface area contributed by atoms with Gasteiger partial charge in [0, 0.05) is 24.7 Å². The van der Waals surface area contributed by atoms with Gasteiger partial charge in [-0.05, 0) is 29.7 Å². The Bertz CT molecular complexity index is 561. The van der Waals surface area contributed by atoms with E-state index in [1.807, 2.05) is 12.1 Å². The molecule has 2 aromatic rings. The summed E-state index contributed by atoms with van der Waals surface area (Å²) in [4.78, 5) is 16.3. The Balaban J connectivity index is 2.11. The van der Waals surface area contributed by atoms with Crippen LogP contribution < -0.4 is 5.73 Å². The molecule has 0 amide bonds. The number of aromatic nitrogens is 1. The molecule has 0 atom stereocenters. The van der Waals surface area contributed by atoms with Crippen molar-refractivity contribution in [1.82, 2.24) is 4.98 Å². The first-order chi connectivity index (χ1) is 9.22. The number of pyridine rings is 1. The standard InChI is InChI=1S/C16H18N2O/c1-2-12-3-5-13(6-4-12)9-16(19)14-7-8-18-15(10-14)11-17/h3-8,10H,2,9,11,17H2,1H3. The number of rotatable bonds is 5. The number of Topliss-reactive ketones (excluding diaryl/α,β-unsaturated/α-hetero) is 1. The lowest BCUT2D eigenvalue weighted by molar-refractivity contribution is 0.0992. The average molecular weight is 254 g/mol. The molecule has 0 aliphatic heterocycles. The minimum absolute atomic E-state index is 0.0985. The zero-order chi connectivity index (χ0) is 13.7. The van der Waals surface area contributed by atoms with Crippen molar-refractivity contribution in [3.05, 3.63) is 65.0 Å². The van der Waals surface area contributed by atoms with E-state index in [1.165, 1.54) is 5.56 Å². The average Bonchev–Trinajstić information content (AvgIpc) is 2.48. The van der Waals surface area contributed by atoms with E-state index < -0.39 is 0 Å². The van der Waals surface area contributed by atoms with Crippen molar-refractivity contribution in [3.8, 4) is 0 Å². The molecule has 2 rings (SSSR count). The van der Waals surface area contributed by atoms with Crippen molar-refractivity contribution >= 4 is 5.78 Å². The van der Waals surface area contributed by atoms with Crippen LogP contribution >= 0.6 is 0 Å². The monoisotopic (exact) mass is 254 g/mol. The number of aryl methyl sites for hydroxylation is 1. The number of carbonyl (C=O) groups excluding carboxylic acids is 1. The highest BCUT2D eigenvalue weighted by Gasteiger charge is 2.08. The van der Waals surface area contributed by atoms with Crippen LogP contribution in [0.2, 0.25) is 0 Å². The number of hydrogen-bond donors (Lipinski definition) is 1. The van der Waals surface area contributed by atoms with Crippen LogP contribution in [0.3, 0.4) is 0 Å². The van der Waals surface area contributed by atoms with Gasteiger partial charge in [0.2, 0.25) is 0 Å². The van der Waals surface area contributed by atoms with E-state index in [0.717, 1.165) is 17.7 Å². The van der Waals surface area contributed by atoms with Crippen LogP contribution in [0, 0.1) is 0 Å². The molecule has 19 heavy (non-hydrogen) atoms. The summed E-state index contributed by atoms with van der Waals surface area (Å²) in [6.45, 7) is 2.47. The molecule has 1 heterocycles. The number of carbonyl (C=O) groups is 1. The van der Waals surface area contributed by atoms with E-state index >= 15 is 0 Å². The third-order valence-electron chi connectivity index (χ3n) is 3.14. The van der Waals surface area contributed by atoms with Gasteiger partial charge in [0.05, 0.1) is 5.69 Å². The molecule has 0 spiro atoms. The summed E-state index contributed by atoms with van der Waals surface area (Å²) >= 11 is 0. The molecule has 0 fully saturated rings. The van der Waals surface area contributed by atoms with Gasteiger partial charge in [-0.15, -0.1) is 0 Å². The van der Waals surface area contributed by atoms with Gasteiger partial charge in [0.25, 0.3) is 0 Å². The Morgan fingerprint density at radius 2 is 1.84 bits per heavy atom.